The number of nitrogens with zero attached hydrogens (tertiary/aromatic N) is 4. The molecular weight excluding hydrogens is 416 g/mol. The van der Waals surface area contributed by atoms with E-state index in [4.69, 9.17) is 5.11 Å². The maximum Gasteiger partial charge on any atom is 0.435 e. The van der Waals surface area contributed by atoms with Crippen molar-refractivity contribution in [2.45, 2.75) is 6.18 Å². The Morgan fingerprint density at radius 1 is 1.06 bits per heavy atom. The van der Waals surface area contributed by atoms with Crippen molar-refractivity contribution >= 4 is 17.8 Å². The highest BCUT2D eigenvalue weighted by atomic mass is 19.4. The summed E-state index contributed by atoms with van der Waals surface area (Å²) >= 11 is 0. The van der Waals surface area contributed by atoms with E-state index in [1.165, 1.54) is 30.5 Å². The molecule has 0 saturated carbocycles. The van der Waals surface area contributed by atoms with Crippen LogP contribution in [0.15, 0.2) is 60.9 Å². The van der Waals surface area contributed by atoms with Gasteiger partial charge in [0.15, 0.2) is 5.69 Å². The zero-order chi connectivity index (χ0) is 22.2. The van der Waals surface area contributed by atoms with Crippen LogP contribution in [-0.4, -0.2) is 30.7 Å². The molecule has 0 saturated heterocycles. The van der Waals surface area contributed by atoms with E-state index < -0.39 is 23.7 Å². The second kappa shape index (κ2) is 7.63. The molecule has 0 aliphatic heterocycles. The van der Waals surface area contributed by atoms with Gasteiger partial charge < -0.3 is 5.11 Å². The number of hydrogen-bond acceptors (Lipinski definition) is 4. The van der Waals surface area contributed by atoms with Crippen molar-refractivity contribution in [2.75, 3.05) is 0 Å². The van der Waals surface area contributed by atoms with Gasteiger partial charge in [0.1, 0.15) is 5.82 Å². The second-order valence-corrected chi connectivity index (χ2v) is 6.49. The van der Waals surface area contributed by atoms with Crippen molar-refractivity contribution in [1.82, 2.24) is 19.6 Å². The van der Waals surface area contributed by atoms with Crippen LogP contribution in [0.2, 0.25) is 0 Å². The fourth-order valence-electron chi connectivity index (χ4n) is 2.99. The molecule has 2 aromatic heterocycles. The van der Waals surface area contributed by atoms with Gasteiger partial charge in [-0.2, -0.15) is 22.8 Å². The minimum Gasteiger partial charge on any atom is -0.478 e. The average molecular weight is 428 g/mol. The Morgan fingerprint density at radius 2 is 1.87 bits per heavy atom. The predicted octanol–water partition coefficient (Wildman–Crippen LogP) is 4.71. The van der Waals surface area contributed by atoms with Crippen LogP contribution < -0.4 is 0 Å². The lowest BCUT2D eigenvalue weighted by Crippen LogP contribution is -2.11. The lowest BCUT2D eigenvalue weighted by atomic mass is 9.99. The molecule has 0 amide bonds. The molecule has 1 N–H and O–H groups in total. The van der Waals surface area contributed by atoms with Gasteiger partial charge in [-0.3, -0.25) is 0 Å². The molecule has 10 heteroatoms. The second-order valence-electron chi connectivity index (χ2n) is 6.49. The SMILES string of the molecule is O=C(O)C=Cc1cccc(-c2cc(-c3cnc4nc(C(F)(F)F)cnn34)ccc2F)c1. The van der Waals surface area contributed by atoms with E-state index in [2.05, 4.69) is 15.1 Å². The molecule has 0 fully saturated rings. The van der Waals surface area contributed by atoms with Gasteiger partial charge in [-0.1, -0.05) is 18.2 Å². The van der Waals surface area contributed by atoms with Gasteiger partial charge in [0.05, 0.1) is 18.1 Å². The number of aliphatic carboxylic acids is 1. The smallest absolute Gasteiger partial charge is 0.435 e. The van der Waals surface area contributed by atoms with Crippen molar-refractivity contribution in [3.8, 4) is 22.4 Å². The first kappa shape index (κ1) is 20.2. The summed E-state index contributed by atoms with van der Waals surface area (Å²) in [7, 11) is 0. The number of benzene rings is 2. The molecular formula is C21H12F4N4O2. The van der Waals surface area contributed by atoms with Crippen LogP contribution in [0.1, 0.15) is 11.3 Å². The summed E-state index contributed by atoms with van der Waals surface area (Å²) in [5, 5.41) is 12.5. The Labute approximate surface area is 172 Å². The van der Waals surface area contributed by atoms with Crippen LogP contribution in [0.25, 0.3) is 34.2 Å². The number of carboxylic acid groups (broad SMARTS) is 1. The number of rotatable bonds is 4. The Morgan fingerprint density at radius 3 is 2.61 bits per heavy atom. The minimum absolute atomic E-state index is 0.220. The molecule has 2 heterocycles. The number of aromatic nitrogens is 4. The number of halogens is 4. The van der Waals surface area contributed by atoms with Crippen LogP contribution in [0.4, 0.5) is 17.6 Å². The zero-order valence-corrected chi connectivity index (χ0v) is 15.5. The Bertz CT molecular complexity index is 1330. The monoisotopic (exact) mass is 428 g/mol. The molecule has 31 heavy (non-hydrogen) atoms. The summed E-state index contributed by atoms with van der Waals surface area (Å²) in [5.74, 6) is -1.88. The quantitative estimate of drug-likeness (QED) is 0.376. The van der Waals surface area contributed by atoms with E-state index >= 15 is 0 Å². The van der Waals surface area contributed by atoms with Gasteiger partial charge in [-0.25, -0.2) is 19.2 Å². The van der Waals surface area contributed by atoms with E-state index in [0.717, 1.165) is 10.6 Å². The summed E-state index contributed by atoms with van der Waals surface area (Å²) < 4.78 is 54.2. The third-order valence-corrected chi connectivity index (χ3v) is 4.40. The first-order valence-electron chi connectivity index (χ1n) is 8.82. The number of hydrogen-bond donors (Lipinski definition) is 1. The topological polar surface area (TPSA) is 80.4 Å². The molecule has 0 unspecified atom stereocenters. The van der Waals surface area contributed by atoms with Crippen molar-refractivity contribution in [2.24, 2.45) is 0 Å². The van der Waals surface area contributed by atoms with Crippen LogP contribution in [-0.2, 0) is 11.0 Å². The average Bonchev–Trinajstić information content (AvgIpc) is 3.15. The van der Waals surface area contributed by atoms with Gasteiger partial charge in [0.25, 0.3) is 5.78 Å². The summed E-state index contributed by atoms with van der Waals surface area (Å²) in [6.07, 6.45) is -0.395. The van der Waals surface area contributed by atoms with Gasteiger partial charge >= 0.3 is 12.1 Å². The maximum atomic E-state index is 14.6. The van der Waals surface area contributed by atoms with E-state index in [-0.39, 0.29) is 11.3 Å². The predicted molar refractivity (Wildman–Crippen MR) is 103 cm³/mol. The lowest BCUT2D eigenvalue weighted by molar-refractivity contribution is -0.141. The summed E-state index contributed by atoms with van der Waals surface area (Å²) in [6.45, 7) is 0. The van der Waals surface area contributed by atoms with Crippen LogP contribution in [0, 0.1) is 5.82 Å². The van der Waals surface area contributed by atoms with Crippen molar-refractivity contribution < 1.29 is 27.5 Å². The zero-order valence-electron chi connectivity index (χ0n) is 15.5. The summed E-state index contributed by atoms with van der Waals surface area (Å²) in [6, 6.07) is 10.8. The molecule has 0 atom stereocenters. The molecule has 0 aliphatic rings. The van der Waals surface area contributed by atoms with E-state index in [1.54, 1.807) is 24.3 Å². The van der Waals surface area contributed by atoms with E-state index in [9.17, 15) is 22.4 Å². The summed E-state index contributed by atoms with van der Waals surface area (Å²) in [5.41, 5.74) is 0.904. The van der Waals surface area contributed by atoms with Crippen LogP contribution in [0.5, 0.6) is 0 Å². The lowest BCUT2D eigenvalue weighted by Gasteiger charge is -2.09. The highest BCUT2D eigenvalue weighted by molar-refractivity contribution is 5.85. The molecule has 4 aromatic rings. The Kier molecular flexibility index (Phi) is 4.97. The molecule has 0 radical (unpaired) electrons. The van der Waals surface area contributed by atoms with E-state index in [1.807, 2.05) is 0 Å². The minimum atomic E-state index is -4.65. The Hall–Kier alpha value is -4.08. The first-order valence-corrected chi connectivity index (χ1v) is 8.82. The van der Waals surface area contributed by atoms with Gasteiger partial charge in [-0.05, 0) is 41.5 Å². The summed E-state index contributed by atoms with van der Waals surface area (Å²) in [4.78, 5) is 18.1. The standard InChI is InChI=1S/C21H12F4N4O2/c22-16-6-5-14(9-15(16)13-3-1-2-12(8-13)4-7-19(30)31)17-10-26-20-28-18(21(23,24)25)11-27-29(17)20/h1-11H,(H,30,31). The van der Waals surface area contributed by atoms with Gasteiger partial charge in [0.2, 0.25) is 0 Å². The molecule has 0 bridgehead atoms. The highest BCUT2D eigenvalue weighted by Crippen LogP contribution is 2.31. The molecule has 0 aliphatic carbocycles. The Balaban J connectivity index is 1.77. The van der Waals surface area contributed by atoms with E-state index in [0.29, 0.717) is 28.6 Å². The molecule has 2 aromatic carbocycles. The number of carboxylic acids is 1. The van der Waals surface area contributed by atoms with Gasteiger partial charge in [-0.15, -0.1) is 0 Å². The molecule has 0 spiro atoms. The number of fused-ring (bicyclic) bond motifs is 1. The molecule has 156 valence electrons. The van der Waals surface area contributed by atoms with Crippen molar-refractivity contribution in [3.05, 3.63) is 78.0 Å². The number of carbonyl (C=O) groups is 1. The number of alkyl halides is 3. The number of imidazole rings is 1. The first-order chi connectivity index (χ1) is 14.7. The third-order valence-electron chi connectivity index (χ3n) is 4.40. The normalized spacial score (nSPS) is 12.0. The largest absolute Gasteiger partial charge is 0.478 e. The van der Waals surface area contributed by atoms with Crippen molar-refractivity contribution in [3.63, 3.8) is 0 Å². The van der Waals surface area contributed by atoms with Gasteiger partial charge in [0, 0.05) is 17.2 Å². The van der Waals surface area contributed by atoms with Crippen LogP contribution in [0.3, 0.4) is 0 Å². The fourth-order valence-corrected chi connectivity index (χ4v) is 2.99. The van der Waals surface area contributed by atoms with Crippen molar-refractivity contribution in [1.29, 1.82) is 0 Å². The molecule has 4 rings (SSSR count). The highest BCUT2D eigenvalue weighted by Gasteiger charge is 2.33. The molecule has 6 nitrogen and oxygen atoms in total. The maximum absolute atomic E-state index is 14.6. The van der Waals surface area contributed by atoms with Crippen LogP contribution >= 0.6 is 0 Å². The fraction of sp³-hybridized carbons (Fsp3) is 0.0476. The third kappa shape index (κ3) is 4.13.